The molecule has 0 radical (unpaired) electrons. The molecule has 1 aromatic heterocycles. The number of hydrazone groups is 1. The van der Waals surface area contributed by atoms with Gasteiger partial charge in [0, 0.05) is 22.6 Å². The third-order valence-corrected chi connectivity index (χ3v) is 4.18. The van der Waals surface area contributed by atoms with Crippen molar-refractivity contribution in [2.75, 3.05) is 5.43 Å². The zero-order valence-electron chi connectivity index (χ0n) is 12.2. The minimum Gasteiger partial charge on any atom is -0.258 e. The molecule has 0 aliphatic heterocycles. The molecule has 6 nitrogen and oxygen atoms in total. The number of hydrogen-bond acceptors (Lipinski definition) is 6. The Labute approximate surface area is 146 Å². The number of aromatic nitrogens is 1. The summed E-state index contributed by atoms with van der Waals surface area (Å²) in [7, 11) is 0. The van der Waals surface area contributed by atoms with Gasteiger partial charge in [-0.15, -0.1) is 11.3 Å². The Kier molecular flexibility index (Phi) is 4.83. The van der Waals surface area contributed by atoms with Gasteiger partial charge in [-0.05, 0) is 6.07 Å². The SMILES string of the molecule is O=[N+]([O-])c1cc(C=NNc2nc(-c3ccccc3)cs2)ccc1Cl. The largest absolute Gasteiger partial charge is 0.288 e. The van der Waals surface area contributed by atoms with Gasteiger partial charge in [0.15, 0.2) is 0 Å². The van der Waals surface area contributed by atoms with Gasteiger partial charge >= 0.3 is 0 Å². The molecular formula is C16H11ClN4O2S. The van der Waals surface area contributed by atoms with Crippen LogP contribution in [0.4, 0.5) is 10.8 Å². The predicted molar refractivity (Wildman–Crippen MR) is 96.9 cm³/mol. The van der Waals surface area contributed by atoms with Crippen molar-refractivity contribution in [2.24, 2.45) is 5.10 Å². The second-order valence-electron chi connectivity index (χ2n) is 4.74. The second kappa shape index (κ2) is 7.20. The molecule has 0 bridgehead atoms. The van der Waals surface area contributed by atoms with Crippen molar-refractivity contribution in [2.45, 2.75) is 0 Å². The van der Waals surface area contributed by atoms with Gasteiger partial charge in [-0.1, -0.05) is 48.0 Å². The maximum atomic E-state index is 10.9. The first-order valence-corrected chi connectivity index (χ1v) is 8.13. The first-order valence-electron chi connectivity index (χ1n) is 6.87. The molecule has 0 aliphatic carbocycles. The highest BCUT2D eigenvalue weighted by Crippen LogP contribution is 2.25. The first kappa shape index (κ1) is 16.1. The van der Waals surface area contributed by atoms with Crippen LogP contribution in [-0.4, -0.2) is 16.1 Å². The summed E-state index contributed by atoms with van der Waals surface area (Å²) in [6.07, 6.45) is 1.48. The van der Waals surface area contributed by atoms with Gasteiger partial charge in [-0.25, -0.2) is 4.98 Å². The Bertz CT molecular complexity index is 896. The number of hydrogen-bond donors (Lipinski definition) is 1. The van der Waals surface area contributed by atoms with Crippen molar-refractivity contribution in [1.29, 1.82) is 0 Å². The van der Waals surface area contributed by atoms with Crippen LogP contribution in [0.1, 0.15) is 5.56 Å². The Hall–Kier alpha value is -2.77. The fraction of sp³-hybridized carbons (Fsp3) is 0. The maximum absolute atomic E-state index is 10.9. The Balaban J connectivity index is 1.70. The first-order chi connectivity index (χ1) is 11.6. The molecule has 1 heterocycles. The van der Waals surface area contributed by atoms with E-state index in [9.17, 15) is 10.1 Å². The van der Waals surface area contributed by atoms with Crippen LogP contribution in [0.25, 0.3) is 11.3 Å². The maximum Gasteiger partial charge on any atom is 0.288 e. The van der Waals surface area contributed by atoms with Crippen molar-refractivity contribution in [3.63, 3.8) is 0 Å². The Morgan fingerprint density at radius 1 is 1.25 bits per heavy atom. The van der Waals surface area contributed by atoms with Gasteiger partial charge in [0.25, 0.3) is 5.69 Å². The van der Waals surface area contributed by atoms with E-state index in [-0.39, 0.29) is 10.7 Å². The zero-order valence-corrected chi connectivity index (χ0v) is 13.8. The summed E-state index contributed by atoms with van der Waals surface area (Å²) < 4.78 is 0. The average Bonchev–Trinajstić information content (AvgIpc) is 3.06. The quantitative estimate of drug-likeness (QED) is 0.403. The minimum atomic E-state index is -0.528. The average molecular weight is 359 g/mol. The number of nitro groups is 1. The molecule has 0 spiro atoms. The van der Waals surface area contributed by atoms with E-state index in [4.69, 9.17) is 11.6 Å². The van der Waals surface area contributed by atoms with Gasteiger partial charge in [0.2, 0.25) is 5.13 Å². The van der Waals surface area contributed by atoms with Crippen LogP contribution < -0.4 is 5.43 Å². The molecule has 0 unspecified atom stereocenters. The highest BCUT2D eigenvalue weighted by molar-refractivity contribution is 7.14. The van der Waals surface area contributed by atoms with Crippen molar-refractivity contribution >= 4 is 40.0 Å². The van der Waals surface area contributed by atoms with E-state index < -0.39 is 4.92 Å². The summed E-state index contributed by atoms with van der Waals surface area (Å²) in [5.41, 5.74) is 5.13. The van der Waals surface area contributed by atoms with Crippen molar-refractivity contribution in [3.05, 3.63) is 74.6 Å². The summed E-state index contributed by atoms with van der Waals surface area (Å²) in [5.74, 6) is 0. The number of thiazole rings is 1. The van der Waals surface area contributed by atoms with Gasteiger partial charge in [0.1, 0.15) is 5.02 Å². The summed E-state index contributed by atoms with van der Waals surface area (Å²) in [5, 5.41) is 17.6. The lowest BCUT2D eigenvalue weighted by Gasteiger charge is -1.97. The molecule has 0 saturated carbocycles. The van der Waals surface area contributed by atoms with Crippen LogP contribution >= 0.6 is 22.9 Å². The van der Waals surface area contributed by atoms with E-state index in [0.29, 0.717) is 10.7 Å². The lowest BCUT2D eigenvalue weighted by Crippen LogP contribution is -1.93. The molecule has 0 aliphatic rings. The van der Waals surface area contributed by atoms with Gasteiger partial charge < -0.3 is 0 Å². The topological polar surface area (TPSA) is 80.4 Å². The molecule has 24 heavy (non-hydrogen) atoms. The summed E-state index contributed by atoms with van der Waals surface area (Å²) in [6, 6.07) is 14.3. The van der Waals surface area contributed by atoms with E-state index in [1.54, 1.807) is 6.07 Å². The normalized spacial score (nSPS) is 10.9. The predicted octanol–water partition coefficient (Wildman–Crippen LogP) is 4.82. The van der Waals surface area contributed by atoms with Crippen LogP contribution in [0.2, 0.25) is 5.02 Å². The summed E-state index contributed by atoms with van der Waals surface area (Å²) >= 11 is 7.20. The molecular weight excluding hydrogens is 348 g/mol. The number of rotatable bonds is 5. The fourth-order valence-electron chi connectivity index (χ4n) is 1.98. The molecule has 3 aromatic rings. The summed E-state index contributed by atoms with van der Waals surface area (Å²) in [6.45, 7) is 0. The third kappa shape index (κ3) is 3.76. The highest BCUT2D eigenvalue weighted by Gasteiger charge is 2.11. The van der Waals surface area contributed by atoms with Crippen LogP contribution in [-0.2, 0) is 0 Å². The van der Waals surface area contributed by atoms with E-state index in [1.165, 1.54) is 29.7 Å². The standard InChI is InChI=1S/C16H11ClN4O2S/c17-13-7-6-11(8-15(13)21(22)23)9-18-20-16-19-14(10-24-16)12-4-2-1-3-5-12/h1-10H,(H,19,20). The molecule has 1 N–H and O–H groups in total. The van der Waals surface area contributed by atoms with Crippen LogP contribution in [0, 0.1) is 10.1 Å². The number of halogens is 1. The van der Waals surface area contributed by atoms with Gasteiger partial charge in [0.05, 0.1) is 16.8 Å². The number of anilines is 1. The number of nitro benzene ring substituents is 1. The molecule has 0 fully saturated rings. The molecule has 0 saturated heterocycles. The van der Waals surface area contributed by atoms with Gasteiger partial charge in [-0.3, -0.25) is 15.5 Å². The van der Waals surface area contributed by atoms with Crippen molar-refractivity contribution < 1.29 is 4.92 Å². The molecule has 0 amide bonds. The number of nitrogens with zero attached hydrogens (tertiary/aromatic N) is 3. The molecule has 120 valence electrons. The molecule has 2 aromatic carbocycles. The van der Waals surface area contributed by atoms with Crippen molar-refractivity contribution in [3.8, 4) is 11.3 Å². The Morgan fingerprint density at radius 2 is 2.04 bits per heavy atom. The van der Waals surface area contributed by atoms with E-state index in [2.05, 4.69) is 15.5 Å². The zero-order chi connectivity index (χ0) is 16.9. The van der Waals surface area contributed by atoms with E-state index in [0.717, 1.165) is 11.3 Å². The van der Waals surface area contributed by atoms with Crippen molar-refractivity contribution in [1.82, 2.24) is 4.98 Å². The molecule has 8 heteroatoms. The lowest BCUT2D eigenvalue weighted by molar-refractivity contribution is -0.384. The number of benzene rings is 2. The van der Waals surface area contributed by atoms with Gasteiger partial charge in [-0.2, -0.15) is 5.10 Å². The third-order valence-electron chi connectivity index (χ3n) is 3.11. The fourth-order valence-corrected chi connectivity index (χ4v) is 2.83. The smallest absolute Gasteiger partial charge is 0.258 e. The summed E-state index contributed by atoms with van der Waals surface area (Å²) in [4.78, 5) is 14.8. The second-order valence-corrected chi connectivity index (χ2v) is 6.01. The van der Waals surface area contributed by atoms with E-state index in [1.807, 2.05) is 35.7 Å². The van der Waals surface area contributed by atoms with E-state index >= 15 is 0 Å². The molecule has 0 atom stereocenters. The van der Waals surface area contributed by atoms with Crippen LogP contribution in [0.5, 0.6) is 0 Å². The monoisotopic (exact) mass is 358 g/mol. The minimum absolute atomic E-state index is 0.0949. The highest BCUT2D eigenvalue weighted by atomic mass is 35.5. The molecule has 3 rings (SSSR count). The number of nitrogens with one attached hydrogen (secondary N) is 1. The van der Waals surface area contributed by atoms with Crippen LogP contribution in [0.15, 0.2) is 59.0 Å². The Morgan fingerprint density at radius 3 is 2.79 bits per heavy atom. The van der Waals surface area contributed by atoms with Crippen LogP contribution in [0.3, 0.4) is 0 Å². The lowest BCUT2D eigenvalue weighted by atomic mass is 10.2.